The summed E-state index contributed by atoms with van der Waals surface area (Å²) in [6.45, 7) is 7.94. The number of aromatic nitrogens is 3. The zero-order chi connectivity index (χ0) is 25.4. The van der Waals surface area contributed by atoms with Crippen molar-refractivity contribution < 1.29 is 13.2 Å². The molecule has 10 heteroatoms. The highest BCUT2D eigenvalue weighted by Gasteiger charge is 2.24. The van der Waals surface area contributed by atoms with Crippen LogP contribution in [-0.4, -0.2) is 60.1 Å². The maximum Gasteiger partial charge on any atom is 0.267 e. The molecule has 0 atom stereocenters. The van der Waals surface area contributed by atoms with Crippen LogP contribution in [-0.2, 0) is 21.1 Å². The van der Waals surface area contributed by atoms with E-state index in [1.165, 1.54) is 22.6 Å². The van der Waals surface area contributed by atoms with Crippen LogP contribution in [0.3, 0.4) is 0 Å². The Balaban J connectivity index is 1.70. The summed E-state index contributed by atoms with van der Waals surface area (Å²) in [5, 5.41) is 9.10. The second-order valence-corrected chi connectivity index (χ2v) is 11.1. The lowest BCUT2D eigenvalue weighted by molar-refractivity contribution is 0.0369. The van der Waals surface area contributed by atoms with Gasteiger partial charge in [0, 0.05) is 32.4 Å². The molecule has 1 N–H and O–H groups in total. The molecule has 1 saturated heterocycles. The van der Waals surface area contributed by atoms with Gasteiger partial charge in [-0.05, 0) is 50.1 Å². The van der Waals surface area contributed by atoms with Crippen molar-refractivity contribution in [3.63, 3.8) is 0 Å². The second-order valence-electron chi connectivity index (χ2n) is 9.17. The Morgan fingerprint density at radius 3 is 2.47 bits per heavy atom. The van der Waals surface area contributed by atoms with Crippen molar-refractivity contribution in [2.75, 3.05) is 32.8 Å². The van der Waals surface area contributed by atoms with Crippen LogP contribution in [0.2, 0.25) is 0 Å². The van der Waals surface area contributed by atoms with Crippen LogP contribution in [0.5, 0.6) is 0 Å². The van der Waals surface area contributed by atoms with Crippen molar-refractivity contribution >= 4 is 26.5 Å². The summed E-state index contributed by atoms with van der Waals surface area (Å²) in [4.78, 5) is 20.4. The Bertz CT molecular complexity index is 1670. The van der Waals surface area contributed by atoms with Crippen molar-refractivity contribution in [1.29, 1.82) is 5.41 Å². The minimum absolute atomic E-state index is 0.0884. The van der Waals surface area contributed by atoms with Crippen LogP contribution in [0.1, 0.15) is 17.5 Å². The third-order valence-corrected chi connectivity index (χ3v) is 8.46. The van der Waals surface area contributed by atoms with Crippen LogP contribution in [0.15, 0.2) is 63.2 Å². The average molecular weight is 508 g/mol. The smallest absolute Gasteiger partial charge is 0.267 e. The maximum atomic E-state index is 13.6. The second kappa shape index (κ2) is 9.61. The molecule has 1 aromatic carbocycles. The number of aryl methyl sites for hydroxylation is 3. The number of hydrogen-bond donors (Lipinski definition) is 1. The zero-order valence-corrected chi connectivity index (χ0v) is 21.2. The largest absolute Gasteiger partial charge is 0.379 e. The standard InChI is InChI=1S/C26H29N5O4S/c1-18-6-8-20(9-7-18)36(33,34)22-17-21-25(28-24-19(2)5-3-11-31(24)26(21)32)30(23(22)27)12-4-10-29-13-15-35-16-14-29/h3,5-9,11,17,27H,4,10,12-16H2,1-2H3. The van der Waals surface area contributed by atoms with Crippen molar-refractivity contribution in [3.05, 3.63) is 75.6 Å². The van der Waals surface area contributed by atoms with Gasteiger partial charge in [0.25, 0.3) is 5.56 Å². The number of nitrogens with zero attached hydrogens (tertiary/aromatic N) is 4. The molecule has 5 rings (SSSR count). The molecule has 1 fully saturated rings. The van der Waals surface area contributed by atoms with Gasteiger partial charge in [-0.3, -0.25) is 19.5 Å². The van der Waals surface area contributed by atoms with Gasteiger partial charge in [0.1, 0.15) is 21.7 Å². The van der Waals surface area contributed by atoms with Gasteiger partial charge in [-0.2, -0.15) is 0 Å². The molecule has 188 valence electrons. The molecule has 0 saturated carbocycles. The van der Waals surface area contributed by atoms with Gasteiger partial charge in [-0.25, -0.2) is 13.4 Å². The summed E-state index contributed by atoms with van der Waals surface area (Å²) in [7, 11) is -4.04. The first-order valence-corrected chi connectivity index (χ1v) is 13.5. The quantitative estimate of drug-likeness (QED) is 0.401. The molecule has 0 bridgehead atoms. The summed E-state index contributed by atoms with van der Waals surface area (Å²) in [6, 6.07) is 11.5. The number of sulfone groups is 1. The van der Waals surface area contributed by atoms with E-state index in [-0.39, 0.29) is 26.2 Å². The van der Waals surface area contributed by atoms with E-state index in [0.29, 0.717) is 37.5 Å². The monoisotopic (exact) mass is 507 g/mol. The highest BCUT2D eigenvalue weighted by atomic mass is 32.2. The van der Waals surface area contributed by atoms with Crippen molar-refractivity contribution in [2.45, 2.75) is 36.6 Å². The lowest BCUT2D eigenvalue weighted by Gasteiger charge is -2.26. The number of pyridine rings is 2. The van der Waals surface area contributed by atoms with E-state index >= 15 is 0 Å². The number of hydrogen-bond acceptors (Lipinski definition) is 7. The minimum Gasteiger partial charge on any atom is -0.379 e. The Kier molecular flexibility index (Phi) is 6.50. The lowest BCUT2D eigenvalue weighted by Crippen LogP contribution is -2.37. The molecule has 1 aliphatic rings. The Labute approximate surface area is 209 Å². The molecule has 9 nitrogen and oxygen atoms in total. The van der Waals surface area contributed by atoms with E-state index in [9.17, 15) is 13.2 Å². The van der Waals surface area contributed by atoms with Crippen LogP contribution in [0.4, 0.5) is 0 Å². The van der Waals surface area contributed by atoms with Gasteiger partial charge >= 0.3 is 0 Å². The predicted octanol–water partition coefficient (Wildman–Crippen LogP) is 2.30. The normalized spacial score (nSPS) is 15.1. The maximum absolute atomic E-state index is 13.6. The van der Waals surface area contributed by atoms with Gasteiger partial charge < -0.3 is 9.30 Å². The Morgan fingerprint density at radius 2 is 1.75 bits per heavy atom. The van der Waals surface area contributed by atoms with Gasteiger partial charge in [0.2, 0.25) is 9.84 Å². The molecule has 0 unspecified atom stereocenters. The number of ether oxygens (including phenoxy) is 1. The van der Waals surface area contributed by atoms with E-state index in [1.807, 2.05) is 19.9 Å². The zero-order valence-electron chi connectivity index (χ0n) is 20.4. The van der Waals surface area contributed by atoms with Crippen LogP contribution < -0.4 is 11.0 Å². The van der Waals surface area contributed by atoms with E-state index in [0.717, 1.165) is 30.8 Å². The highest BCUT2D eigenvalue weighted by molar-refractivity contribution is 7.91. The average Bonchev–Trinajstić information content (AvgIpc) is 2.87. The van der Waals surface area contributed by atoms with Crippen LogP contribution in [0, 0.1) is 19.3 Å². The van der Waals surface area contributed by atoms with Gasteiger partial charge in [0.15, 0.2) is 0 Å². The fourth-order valence-corrected chi connectivity index (χ4v) is 6.00. The summed E-state index contributed by atoms with van der Waals surface area (Å²) in [5.41, 5.74) is 2.03. The first-order chi connectivity index (χ1) is 17.3. The summed E-state index contributed by atoms with van der Waals surface area (Å²) in [5.74, 6) is 0. The number of rotatable bonds is 6. The lowest BCUT2D eigenvalue weighted by atomic mass is 10.2. The fraction of sp³-hybridized carbons (Fsp3) is 0.346. The molecule has 1 aliphatic heterocycles. The summed E-state index contributed by atoms with van der Waals surface area (Å²) < 4.78 is 35.7. The number of nitrogens with one attached hydrogen (secondary N) is 1. The molecule has 4 aromatic rings. The van der Waals surface area contributed by atoms with Gasteiger partial charge in [-0.15, -0.1) is 0 Å². The Morgan fingerprint density at radius 1 is 1.03 bits per heavy atom. The third kappa shape index (κ3) is 4.36. The number of fused-ring (bicyclic) bond motifs is 2. The topological polar surface area (TPSA) is 110 Å². The van der Waals surface area contributed by atoms with E-state index in [2.05, 4.69) is 4.90 Å². The fourth-order valence-electron chi connectivity index (χ4n) is 4.61. The number of benzene rings is 1. The van der Waals surface area contributed by atoms with Crippen LogP contribution in [0.25, 0.3) is 16.7 Å². The molecular weight excluding hydrogens is 478 g/mol. The SMILES string of the molecule is Cc1ccc(S(=O)(=O)c2cc3c(=O)n4cccc(C)c4nc3n(CCCN3CCOCC3)c2=N)cc1. The molecule has 3 aromatic heterocycles. The predicted molar refractivity (Wildman–Crippen MR) is 136 cm³/mol. The van der Waals surface area contributed by atoms with Crippen molar-refractivity contribution in [2.24, 2.45) is 0 Å². The molecule has 0 spiro atoms. The third-order valence-electron chi connectivity index (χ3n) is 6.68. The first-order valence-electron chi connectivity index (χ1n) is 12.0. The molecule has 0 amide bonds. The molecule has 0 aliphatic carbocycles. The van der Waals surface area contributed by atoms with E-state index in [4.69, 9.17) is 15.1 Å². The van der Waals surface area contributed by atoms with Crippen molar-refractivity contribution in [3.8, 4) is 0 Å². The van der Waals surface area contributed by atoms with Gasteiger partial charge in [0.05, 0.1) is 23.5 Å². The molecule has 4 heterocycles. The molecule has 36 heavy (non-hydrogen) atoms. The van der Waals surface area contributed by atoms with Crippen LogP contribution >= 0.6 is 0 Å². The number of morpholine rings is 1. The van der Waals surface area contributed by atoms with E-state index < -0.39 is 9.84 Å². The molecular formula is C26H29N5O4S. The Hall–Kier alpha value is -3.34. The molecule has 0 radical (unpaired) electrons. The first kappa shape index (κ1) is 24.4. The van der Waals surface area contributed by atoms with E-state index in [1.54, 1.807) is 29.0 Å². The summed E-state index contributed by atoms with van der Waals surface area (Å²) in [6.07, 6.45) is 2.30. The van der Waals surface area contributed by atoms with Gasteiger partial charge in [-0.1, -0.05) is 23.8 Å². The minimum atomic E-state index is -4.04. The summed E-state index contributed by atoms with van der Waals surface area (Å²) >= 11 is 0. The highest BCUT2D eigenvalue weighted by Crippen LogP contribution is 2.22. The van der Waals surface area contributed by atoms with Crippen molar-refractivity contribution in [1.82, 2.24) is 18.9 Å².